The van der Waals surface area contributed by atoms with Crippen molar-refractivity contribution >= 4 is 34.3 Å². The SMILES string of the molecule is CCC1CCCCN1C(=O)c1cn(C(C)=O)c2ccc(Cl)cc12. The molecule has 1 aromatic heterocycles. The fourth-order valence-corrected chi connectivity index (χ4v) is 3.65. The Hall–Kier alpha value is -1.81. The van der Waals surface area contributed by atoms with E-state index < -0.39 is 0 Å². The van der Waals surface area contributed by atoms with Crippen molar-refractivity contribution < 1.29 is 9.59 Å². The zero-order valence-electron chi connectivity index (χ0n) is 13.5. The summed E-state index contributed by atoms with van der Waals surface area (Å²) >= 11 is 6.11. The number of carbonyl (C=O) groups is 2. The lowest BCUT2D eigenvalue weighted by atomic mass is 9.99. The second-order valence-electron chi connectivity index (χ2n) is 6.15. The van der Waals surface area contributed by atoms with E-state index in [1.54, 1.807) is 24.4 Å². The lowest BCUT2D eigenvalue weighted by Gasteiger charge is -2.35. The first kappa shape index (κ1) is 16.1. The summed E-state index contributed by atoms with van der Waals surface area (Å²) in [5.74, 6) is -0.106. The number of rotatable bonds is 2. The van der Waals surface area contributed by atoms with Crippen molar-refractivity contribution in [3.05, 3.63) is 35.0 Å². The minimum absolute atomic E-state index is 0.00353. The zero-order chi connectivity index (χ0) is 16.6. The molecule has 1 aliphatic rings. The van der Waals surface area contributed by atoms with E-state index in [0.29, 0.717) is 10.6 Å². The number of aromatic nitrogens is 1. The second-order valence-corrected chi connectivity index (χ2v) is 6.59. The van der Waals surface area contributed by atoms with Crippen LogP contribution in [-0.4, -0.2) is 33.9 Å². The maximum Gasteiger partial charge on any atom is 0.256 e. The van der Waals surface area contributed by atoms with Gasteiger partial charge in [-0.1, -0.05) is 18.5 Å². The summed E-state index contributed by atoms with van der Waals surface area (Å²) in [5.41, 5.74) is 1.30. The summed E-state index contributed by atoms with van der Waals surface area (Å²) < 4.78 is 1.53. The summed E-state index contributed by atoms with van der Waals surface area (Å²) in [5, 5.41) is 1.32. The molecule has 0 spiro atoms. The molecule has 0 bridgehead atoms. The van der Waals surface area contributed by atoms with Gasteiger partial charge in [0, 0.05) is 36.1 Å². The van der Waals surface area contributed by atoms with Crippen molar-refractivity contribution in [2.75, 3.05) is 6.54 Å². The van der Waals surface area contributed by atoms with Crippen LogP contribution in [0, 0.1) is 0 Å². The van der Waals surface area contributed by atoms with Gasteiger partial charge >= 0.3 is 0 Å². The highest BCUT2D eigenvalue weighted by atomic mass is 35.5. The van der Waals surface area contributed by atoms with Gasteiger partial charge in [0.15, 0.2) is 0 Å². The molecule has 122 valence electrons. The maximum absolute atomic E-state index is 13.1. The minimum atomic E-state index is -0.109. The van der Waals surface area contributed by atoms with E-state index in [9.17, 15) is 9.59 Å². The van der Waals surface area contributed by atoms with Gasteiger partial charge in [-0.15, -0.1) is 0 Å². The summed E-state index contributed by atoms with van der Waals surface area (Å²) in [6.07, 6.45) is 5.87. The molecule has 0 radical (unpaired) electrons. The minimum Gasteiger partial charge on any atom is -0.336 e. The van der Waals surface area contributed by atoms with Crippen molar-refractivity contribution in [3.63, 3.8) is 0 Å². The van der Waals surface area contributed by atoms with Crippen molar-refractivity contribution in [1.82, 2.24) is 9.47 Å². The Labute approximate surface area is 141 Å². The van der Waals surface area contributed by atoms with Crippen LogP contribution in [0.15, 0.2) is 24.4 Å². The van der Waals surface area contributed by atoms with Gasteiger partial charge in [0.25, 0.3) is 5.91 Å². The number of likely N-dealkylation sites (tertiary alicyclic amines) is 1. The number of nitrogens with zero attached hydrogens (tertiary/aromatic N) is 2. The number of hydrogen-bond donors (Lipinski definition) is 0. The van der Waals surface area contributed by atoms with Gasteiger partial charge in [0.1, 0.15) is 0 Å². The quantitative estimate of drug-likeness (QED) is 0.820. The highest BCUT2D eigenvalue weighted by Crippen LogP contribution is 2.29. The van der Waals surface area contributed by atoms with Gasteiger partial charge < -0.3 is 4.90 Å². The summed E-state index contributed by atoms with van der Waals surface area (Å²) in [6.45, 7) is 4.40. The molecule has 2 heterocycles. The molecule has 3 rings (SSSR count). The smallest absolute Gasteiger partial charge is 0.256 e. The van der Waals surface area contributed by atoms with Crippen LogP contribution < -0.4 is 0 Å². The van der Waals surface area contributed by atoms with E-state index in [2.05, 4.69) is 6.92 Å². The molecule has 1 unspecified atom stereocenters. The van der Waals surface area contributed by atoms with E-state index in [-0.39, 0.29) is 17.9 Å². The van der Waals surface area contributed by atoms with Crippen LogP contribution in [0.3, 0.4) is 0 Å². The number of benzene rings is 1. The molecule has 1 amide bonds. The zero-order valence-corrected chi connectivity index (χ0v) is 14.3. The lowest BCUT2D eigenvalue weighted by Crippen LogP contribution is -2.43. The fraction of sp³-hybridized carbons (Fsp3) is 0.444. The summed E-state index contributed by atoms with van der Waals surface area (Å²) in [4.78, 5) is 26.9. The van der Waals surface area contributed by atoms with Crippen molar-refractivity contribution in [2.45, 2.75) is 45.6 Å². The molecule has 4 nitrogen and oxygen atoms in total. The van der Waals surface area contributed by atoms with Crippen molar-refractivity contribution in [3.8, 4) is 0 Å². The van der Waals surface area contributed by atoms with Gasteiger partial charge in [-0.3, -0.25) is 14.2 Å². The van der Waals surface area contributed by atoms with Crippen molar-refractivity contribution in [1.29, 1.82) is 0 Å². The number of halogens is 1. The topological polar surface area (TPSA) is 42.3 Å². The maximum atomic E-state index is 13.1. The van der Waals surface area contributed by atoms with Crippen LogP contribution in [-0.2, 0) is 0 Å². The Bertz CT molecular complexity index is 766. The van der Waals surface area contributed by atoms with Gasteiger partial charge in [-0.05, 0) is 43.9 Å². The number of fused-ring (bicyclic) bond motifs is 1. The Morgan fingerprint density at radius 2 is 2.09 bits per heavy atom. The first-order valence-electron chi connectivity index (χ1n) is 8.15. The molecule has 1 atom stereocenters. The summed E-state index contributed by atoms with van der Waals surface area (Å²) in [6, 6.07) is 5.59. The number of hydrogen-bond acceptors (Lipinski definition) is 2. The number of piperidine rings is 1. The highest BCUT2D eigenvalue weighted by molar-refractivity contribution is 6.31. The predicted molar refractivity (Wildman–Crippen MR) is 92.2 cm³/mol. The molecule has 1 fully saturated rings. The fourth-order valence-electron chi connectivity index (χ4n) is 3.48. The van der Waals surface area contributed by atoms with Gasteiger partial charge in [-0.2, -0.15) is 0 Å². The van der Waals surface area contributed by atoms with Crippen LogP contribution in [0.1, 0.15) is 54.7 Å². The predicted octanol–water partition coefficient (Wildman–Crippen LogP) is 4.36. The molecule has 1 aliphatic heterocycles. The third-order valence-electron chi connectivity index (χ3n) is 4.70. The van der Waals surface area contributed by atoms with E-state index in [0.717, 1.165) is 36.7 Å². The van der Waals surface area contributed by atoms with Crippen LogP contribution in [0.4, 0.5) is 0 Å². The molecule has 1 aromatic carbocycles. The largest absolute Gasteiger partial charge is 0.336 e. The Morgan fingerprint density at radius 3 is 2.78 bits per heavy atom. The molecule has 0 N–H and O–H groups in total. The molecule has 2 aromatic rings. The van der Waals surface area contributed by atoms with Crippen LogP contribution in [0.2, 0.25) is 5.02 Å². The molecule has 0 aliphatic carbocycles. The third kappa shape index (κ3) is 2.88. The average molecular weight is 333 g/mol. The summed E-state index contributed by atoms with van der Waals surface area (Å²) in [7, 11) is 0. The highest BCUT2D eigenvalue weighted by Gasteiger charge is 2.28. The van der Waals surface area contributed by atoms with Crippen LogP contribution >= 0.6 is 11.6 Å². The van der Waals surface area contributed by atoms with Crippen molar-refractivity contribution in [2.24, 2.45) is 0 Å². The van der Waals surface area contributed by atoms with Gasteiger partial charge in [0.05, 0.1) is 11.1 Å². The lowest BCUT2D eigenvalue weighted by molar-refractivity contribution is 0.0610. The Morgan fingerprint density at radius 1 is 1.30 bits per heavy atom. The average Bonchev–Trinajstić information content (AvgIpc) is 2.93. The van der Waals surface area contributed by atoms with Gasteiger partial charge in [-0.25, -0.2) is 0 Å². The first-order chi connectivity index (χ1) is 11.0. The van der Waals surface area contributed by atoms with E-state index in [1.165, 1.54) is 17.9 Å². The molecule has 5 heteroatoms. The molecular formula is C18H21ClN2O2. The molecular weight excluding hydrogens is 312 g/mol. The van der Waals surface area contributed by atoms with E-state index in [1.807, 2.05) is 4.90 Å². The Balaban J connectivity index is 2.09. The van der Waals surface area contributed by atoms with E-state index >= 15 is 0 Å². The molecule has 23 heavy (non-hydrogen) atoms. The first-order valence-corrected chi connectivity index (χ1v) is 8.53. The molecule has 0 saturated carbocycles. The van der Waals surface area contributed by atoms with E-state index in [4.69, 9.17) is 11.6 Å². The monoisotopic (exact) mass is 332 g/mol. The van der Waals surface area contributed by atoms with Crippen LogP contribution in [0.25, 0.3) is 10.9 Å². The standard InChI is InChI=1S/C18H21ClN2O2/c1-3-14-6-4-5-9-20(14)18(23)16-11-21(12(2)22)17-8-7-13(19)10-15(16)17/h7-8,10-11,14H,3-6,9H2,1-2H3. The number of carbonyl (C=O) groups excluding carboxylic acids is 2. The normalized spacial score (nSPS) is 18.4. The Kier molecular flexibility index (Phi) is 4.44. The van der Waals surface area contributed by atoms with Gasteiger partial charge in [0.2, 0.25) is 5.91 Å². The third-order valence-corrected chi connectivity index (χ3v) is 4.93. The molecule has 1 saturated heterocycles. The second kappa shape index (κ2) is 6.36. The number of amides is 1. The van der Waals surface area contributed by atoms with Crippen LogP contribution in [0.5, 0.6) is 0 Å².